The fourth-order valence-corrected chi connectivity index (χ4v) is 3.38. The summed E-state index contributed by atoms with van der Waals surface area (Å²) in [6.45, 7) is 3.80. The summed E-state index contributed by atoms with van der Waals surface area (Å²) in [4.78, 5) is 16.3. The minimum atomic E-state index is -0.0160. The number of anilines is 1. The second-order valence-electron chi connectivity index (χ2n) is 5.12. The molecular formula is C15H23N3OS. The highest BCUT2D eigenvalue weighted by Gasteiger charge is 2.15. The number of nitrogens with one attached hydrogen (secondary N) is 2. The predicted molar refractivity (Wildman–Crippen MR) is 85.4 cm³/mol. The molecule has 0 aliphatic carbocycles. The quantitative estimate of drug-likeness (QED) is 0.847. The maximum atomic E-state index is 12.0. The molecule has 110 valence electrons. The molecule has 2 rings (SSSR count). The topological polar surface area (TPSA) is 54.0 Å². The number of aromatic nitrogens is 1. The standard InChI is InChI=1S/C15H23N3OS/c1-2-7-16-14-4-3-13(11-17-14)15(19)18-10-12-5-8-20-9-6-12/h3-4,11-12H,2,5-10H2,1H3,(H,16,17)(H,18,19). The van der Waals surface area contributed by atoms with E-state index in [0.717, 1.165) is 25.3 Å². The van der Waals surface area contributed by atoms with Gasteiger partial charge in [-0.2, -0.15) is 11.8 Å². The SMILES string of the molecule is CCCNc1ccc(C(=O)NCC2CCSCC2)cn1. The van der Waals surface area contributed by atoms with E-state index in [1.54, 1.807) is 6.20 Å². The molecule has 1 aliphatic rings. The first-order valence-electron chi connectivity index (χ1n) is 7.35. The van der Waals surface area contributed by atoms with Gasteiger partial charge in [0.05, 0.1) is 5.56 Å². The Bertz CT molecular complexity index is 416. The fourth-order valence-electron chi connectivity index (χ4n) is 2.18. The zero-order chi connectivity index (χ0) is 14.2. The highest BCUT2D eigenvalue weighted by molar-refractivity contribution is 7.99. The Morgan fingerprint density at radius 2 is 2.20 bits per heavy atom. The summed E-state index contributed by atoms with van der Waals surface area (Å²) in [5.74, 6) is 3.89. The smallest absolute Gasteiger partial charge is 0.252 e. The molecule has 2 N–H and O–H groups in total. The van der Waals surface area contributed by atoms with E-state index in [9.17, 15) is 4.79 Å². The molecule has 1 aromatic heterocycles. The highest BCUT2D eigenvalue weighted by Crippen LogP contribution is 2.21. The number of hydrogen-bond donors (Lipinski definition) is 2. The first-order chi connectivity index (χ1) is 9.79. The zero-order valence-corrected chi connectivity index (χ0v) is 12.8. The lowest BCUT2D eigenvalue weighted by Crippen LogP contribution is -2.31. The van der Waals surface area contributed by atoms with Gasteiger partial charge < -0.3 is 10.6 Å². The molecule has 1 aromatic rings. The Labute approximate surface area is 125 Å². The molecule has 0 saturated carbocycles. The second kappa shape index (κ2) is 8.15. The molecule has 0 radical (unpaired) electrons. The van der Waals surface area contributed by atoms with Crippen molar-refractivity contribution in [2.45, 2.75) is 26.2 Å². The number of carbonyl (C=O) groups excluding carboxylic acids is 1. The fraction of sp³-hybridized carbons (Fsp3) is 0.600. The van der Waals surface area contributed by atoms with Crippen LogP contribution in [-0.4, -0.2) is 35.5 Å². The molecule has 0 spiro atoms. The van der Waals surface area contributed by atoms with Crippen LogP contribution in [0.4, 0.5) is 5.82 Å². The van der Waals surface area contributed by atoms with E-state index in [1.807, 2.05) is 23.9 Å². The number of nitrogens with zero attached hydrogens (tertiary/aromatic N) is 1. The number of hydrogen-bond acceptors (Lipinski definition) is 4. The minimum absolute atomic E-state index is 0.0160. The van der Waals surface area contributed by atoms with Gasteiger partial charge in [-0.1, -0.05) is 6.92 Å². The summed E-state index contributed by atoms with van der Waals surface area (Å²) < 4.78 is 0. The van der Waals surface area contributed by atoms with E-state index < -0.39 is 0 Å². The molecule has 0 aromatic carbocycles. The maximum Gasteiger partial charge on any atom is 0.252 e. The van der Waals surface area contributed by atoms with Crippen molar-refractivity contribution in [1.29, 1.82) is 0 Å². The highest BCUT2D eigenvalue weighted by atomic mass is 32.2. The molecule has 1 amide bonds. The van der Waals surface area contributed by atoms with Crippen LogP contribution < -0.4 is 10.6 Å². The average Bonchev–Trinajstić information content (AvgIpc) is 2.52. The Morgan fingerprint density at radius 1 is 1.40 bits per heavy atom. The number of carbonyl (C=O) groups is 1. The predicted octanol–water partition coefficient (Wildman–Crippen LogP) is 2.78. The van der Waals surface area contributed by atoms with E-state index in [-0.39, 0.29) is 5.91 Å². The van der Waals surface area contributed by atoms with Gasteiger partial charge in [0.2, 0.25) is 0 Å². The van der Waals surface area contributed by atoms with Crippen molar-refractivity contribution in [2.75, 3.05) is 29.9 Å². The van der Waals surface area contributed by atoms with Crippen LogP contribution in [0.25, 0.3) is 0 Å². The monoisotopic (exact) mass is 293 g/mol. The van der Waals surface area contributed by atoms with E-state index in [2.05, 4.69) is 22.5 Å². The van der Waals surface area contributed by atoms with Crippen LogP contribution in [0.5, 0.6) is 0 Å². The molecule has 0 unspecified atom stereocenters. The Balaban J connectivity index is 1.79. The Morgan fingerprint density at radius 3 is 2.85 bits per heavy atom. The Kier molecular flexibility index (Phi) is 6.18. The van der Waals surface area contributed by atoms with Gasteiger partial charge in [-0.3, -0.25) is 4.79 Å². The molecule has 0 bridgehead atoms. The van der Waals surface area contributed by atoms with Crippen LogP contribution >= 0.6 is 11.8 Å². The lowest BCUT2D eigenvalue weighted by Gasteiger charge is -2.21. The van der Waals surface area contributed by atoms with Crippen molar-refractivity contribution < 1.29 is 4.79 Å². The van der Waals surface area contributed by atoms with Crippen LogP contribution in [0.3, 0.4) is 0 Å². The summed E-state index contributed by atoms with van der Waals surface area (Å²) in [5, 5.41) is 6.22. The van der Waals surface area contributed by atoms with Gasteiger partial charge in [-0.15, -0.1) is 0 Å². The maximum absolute atomic E-state index is 12.0. The first kappa shape index (κ1) is 15.2. The van der Waals surface area contributed by atoms with Crippen LogP contribution in [0.2, 0.25) is 0 Å². The zero-order valence-electron chi connectivity index (χ0n) is 12.0. The summed E-state index contributed by atoms with van der Waals surface area (Å²) in [6, 6.07) is 3.69. The van der Waals surface area contributed by atoms with Crippen molar-refractivity contribution >= 4 is 23.5 Å². The molecule has 20 heavy (non-hydrogen) atoms. The minimum Gasteiger partial charge on any atom is -0.370 e. The number of thioether (sulfide) groups is 1. The normalized spacial score (nSPS) is 15.8. The lowest BCUT2D eigenvalue weighted by molar-refractivity contribution is 0.0946. The number of amides is 1. The second-order valence-corrected chi connectivity index (χ2v) is 6.35. The van der Waals surface area contributed by atoms with E-state index >= 15 is 0 Å². The third-order valence-electron chi connectivity index (χ3n) is 3.47. The van der Waals surface area contributed by atoms with Crippen LogP contribution in [0.15, 0.2) is 18.3 Å². The van der Waals surface area contributed by atoms with Crippen molar-refractivity contribution in [3.63, 3.8) is 0 Å². The van der Waals surface area contributed by atoms with Crippen molar-refractivity contribution in [1.82, 2.24) is 10.3 Å². The molecule has 1 fully saturated rings. The van der Waals surface area contributed by atoms with Gasteiger partial charge in [0.1, 0.15) is 5.82 Å². The van der Waals surface area contributed by atoms with Crippen LogP contribution in [-0.2, 0) is 0 Å². The van der Waals surface area contributed by atoms with Gasteiger partial charge in [0, 0.05) is 19.3 Å². The van der Waals surface area contributed by atoms with Gasteiger partial charge >= 0.3 is 0 Å². The van der Waals surface area contributed by atoms with E-state index in [0.29, 0.717) is 11.5 Å². The van der Waals surface area contributed by atoms with Crippen molar-refractivity contribution in [3.8, 4) is 0 Å². The lowest BCUT2D eigenvalue weighted by atomic mass is 10.0. The molecule has 4 nitrogen and oxygen atoms in total. The first-order valence-corrected chi connectivity index (χ1v) is 8.51. The number of rotatable bonds is 6. The van der Waals surface area contributed by atoms with E-state index in [1.165, 1.54) is 24.3 Å². The molecule has 5 heteroatoms. The van der Waals surface area contributed by atoms with Gasteiger partial charge in [0.15, 0.2) is 0 Å². The van der Waals surface area contributed by atoms with E-state index in [4.69, 9.17) is 0 Å². The van der Waals surface area contributed by atoms with Gasteiger partial charge in [0.25, 0.3) is 5.91 Å². The van der Waals surface area contributed by atoms with Crippen molar-refractivity contribution in [2.24, 2.45) is 5.92 Å². The molecule has 0 atom stereocenters. The van der Waals surface area contributed by atoms with Crippen molar-refractivity contribution in [3.05, 3.63) is 23.9 Å². The van der Waals surface area contributed by atoms with Gasteiger partial charge in [-0.05, 0) is 48.8 Å². The largest absolute Gasteiger partial charge is 0.370 e. The summed E-state index contributed by atoms with van der Waals surface area (Å²) in [5.41, 5.74) is 0.636. The van der Waals surface area contributed by atoms with Crippen LogP contribution in [0.1, 0.15) is 36.5 Å². The number of pyridine rings is 1. The third-order valence-corrected chi connectivity index (χ3v) is 4.52. The summed E-state index contributed by atoms with van der Waals surface area (Å²) in [6.07, 6.45) is 5.12. The average molecular weight is 293 g/mol. The summed E-state index contributed by atoms with van der Waals surface area (Å²) in [7, 11) is 0. The molecule has 2 heterocycles. The van der Waals surface area contributed by atoms with Gasteiger partial charge in [-0.25, -0.2) is 4.98 Å². The van der Waals surface area contributed by atoms with Crippen LogP contribution in [0, 0.1) is 5.92 Å². The Hall–Kier alpha value is -1.23. The molecular weight excluding hydrogens is 270 g/mol. The molecule has 1 saturated heterocycles. The third kappa shape index (κ3) is 4.71. The summed E-state index contributed by atoms with van der Waals surface area (Å²) >= 11 is 2.01. The molecule has 1 aliphatic heterocycles.